The highest BCUT2D eigenvalue weighted by atomic mass is 16.1. The number of hydrogen-bond donors (Lipinski definition) is 2. The first kappa shape index (κ1) is 13.1. The molecule has 1 fully saturated rings. The molecule has 0 bridgehead atoms. The molecule has 1 amide bonds. The van der Waals surface area contributed by atoms with Crippen LogP contribution in [-0.4, -0.2) is 5.91 Å². The van der Waals surface area contributed by atoms with E-state index < -0.39 is 0 Å². The third-order valence-corrected chi connectivity index (χ3v) is 3.76. The van der Waals surface area contributed by atoms with Crippen molar-refractivity contribution in [1.29, 1.82) is 0 Å². The van der Waals surface area contributed by atoms with Gasteiger partial charge in [0, 0.05) is 18.7 Å². The van der Waals surface area contributed by atoms with E-state index in [4.69, 9.17) is 5.73 Å². The number of amides is 1. The summed E-state index contributed by atoms with van der Waals surface area (Å²) in [5, 5.41) is 3.02. The second-order valence-electron chi connectivity index (χ2n) is 5.26. The number of carbonyl (C=O) groups excluding carboxylic acids is 1. The number of hydrogen-bond acceptors (Lipinski definition) is 2. The monoisotopic (exact) mass is 246 g/mol. The molecule has 0 aliphatic heterocycles. The Balaban J connectivity index is 1.97. The highest BCUT2D eigenvalue weighted by Gasteiger charge is 2.18. The summed E-state index contributed by atoms with van der Waals surface area (Å²) in [7, 11) is 0. The Labute approximate surface area is 109 Å². The number of nitrogens with two attached hydrogens (primary N) is 1. The smallest absolute Gasteiger partial charge is 0.224 e. The van der Waals surface area contributed by atoms with Crippen molar-refractivity contribution >= 4 is 11.6 Å². The van der Waals surface area contributed by atoms with E-state index in [1.165, 1.54) is 25.7 Å². The molecule has 1 aromatic rings. The van der Waals surface area contributed by atoms with Crippen LogP contribution in [0.15, 0.2) is 18.2 Å². The molecule has 0 atom stereocenters. The van der Waals surface area contributed by atoms with Gasteiger partial charge in [-0.05, 0) is 42.9 Å². The van der Waals surface area contributed by atoms with E-state index in [9.17, 15) is 4.79 Å². The third kappa shape index (κ3) is 3.33. The maximum Gasteiger partial charge on any atom is 0.224 e. The van der Waals surface area contributed by atoms with E-state index in [0.29, 0.717) is 18.9 Å². The molecule has 0 aromatic heterocycles. The van der Waals surface area contributed by atoms with Crippen molar-refractivity contribution < 1.29 is 4.79 Å². The van der Waals surface area contributed by atoms with Crippen molar-refractivity contribution in [2.75, 3.05) is 5.32 Å². The zero-order chi connectivity index (χ0) is 13.0. The van der Waals surface area contributed by atoms with Crippen molar-refractivity contribution in [3.8, 4) is 0 Å². The van der Waals surface area contributed by atoms with Gasteiger partial charge in [-0.15, -0.1) is 0 Å². The van der Waals surface area contributed by atoms with E-state index in [0.717, 1.165) is 16.8 Å². The van der Waals surface area contributed by atoms with Gasteiger partial charge in [0.2, 0.25) is 5.91 Å². The molecule has 18 heavy (non-hydrogen) atoms. The zero-order valence-electron chi connectivity index (χ0n) is 11.0. The Morgan fingerprint density at radius 2 is 2.11 bits per heavy atom. The van der Waals surface area contributed by atoms with Gasteiger partial charge in [0.05, 0.1) is 0 Å². The molecule has 1 aromatic carbocycles. The zero-order valence-corrected chi connectivity index (χ0v) is 11.0. The molecule has 1 aliphatic rings. The average Bonchev–Trinajstić information content (AvgIpc) is 2.84. The summed E-state index contributed by atoms with van der Waals surface area (Å²) in [6.07, 6.45) is 5.62. The van der Waals surface area contributed by atoms with Crippen molar-refractivity contribution in [2.24, 2.45) is 11.7 Å². The Morgan fingerprint density at radius 1 is 1.39 bits per heavy atom. The van der Waals surface area contributed by atoms with Gasteiger partial charge in [0.1, 0.15) is 0 Å². The number of aryl methyl sites for hydroxylation is 1. The van der Waals surface area contributed by atoms with E-state index in [1.807, 2.05) is 25.1 Å². The predicted octanol–water partition coefficient (Wildman–Crippen LogP) is 2.97. The minimum atomic E-state index is 0.138. The summed E-state index contributed by atoms with van der Waals surface area (Å²) < 4.78 is 0. The summed E-state index contributed by atoms with van der Waals surface area (Å²) in [6.45, 7) is 2.51. The van der Waals surface area contributed by atoms with E-state index >= 15 is 0 Å². The molecule has 2 rings (SSSR count). The van der Waals surface area contributed by atoms with Crippen LogP contribution >= 0.6 is 0 Å². The molecule has 0 radical (unpaired) electrons. The number of anilines is 1. The van der Waals surface area contributed by atoms with Gasteiger partial charge >= 0.3 is 0 Å². The van der Waals surface area contributed by atoms with Crippen LogP contribution in [0.1, 0.15) is 43.2 Å². The van der Waals surface area contributed by atoms with Crippen molar-refractivity contribution in [1.82, 2.24) is 0 Å². The molecule has 3 N–H and O–H groups in total. The van der Waals surface area contributed by atoms with Crippen molar-refractivity contribution in [3.05, 3.63) is 29.3 Å². The number of carbonyl (C=O) groups is 1. The van der Waals surface area contributed by atoms with E-state index in [2.05, 4.69) is 5.32 Å². The first-order valence-electron chi connectivity index (χ1n) is 6.78. The van der Waals surface area contributed by atoms with Gasteiger partial charge in [-0.25, -0.2) is 0 Å². The van der Waals surface area contributed by atoms with Gasteiger partial charge in [0.25, 0.3) is 0 Å². The first-order chi connectivity index (χ1) is 8.69. The summed E-state index contributed by atoms with van der Waals surface area (Å²) in [4.78, 5) is 12.0. The maximum atomic E-state index is 12.0. The van der Waals surface area contributed by atoms with Crippen LogP contribution in [0, 0.1) is 12.8 Å². The summed E-state index contributed by atoms with van der Waals surface area (Å²) in [5.74, 6) is 0.724. The van der Waals surface area contributed by atoms with Gasteiger partial charge < -0.3 is 11.1 Å². The molecular formula is C15H22N2O. The standard InChI is InChI=1S/C15H22N2O/c1-11-6-7-13(10-16)8-14(11)17-15(18)9-12-4-2-3-5-12/h6-8,12H,2-5,9-10,16H2,1H3,(H,17,18). The fourth-order valence-electron chi connectivity index (χ4n) is 2.61. The lowest BCUT2D eigenvalue weighted by Gasteiger charge is -2.12. The highest BCUT2D eigenvalue weighted by molar-refractivity contribution is 5.91. The molecular weight excluding hydrogens is 224 g/mol. The van der Waals surface area contributed by atoms with Gasteiger partial charge in [-0.2, -0.15) is 0 Å². The molecule has 0 unspecified atom stereocenters. The molecule has 0 spiro atoms. The van der Waals surface area contributed by atoms with Crippen LogP contribution in [0.25, 0.3) is 0 Å². The summed E-state index contributed by atoms with van der Waals surface area (Å²) >= 11 is 0. The first-order valence-corrected chi connectivity index (χ1v) is 6.78. The largest absolute Gasteiger partial charge is 0.326 e. The lowest BCUT2D eigenvalue weighted by atomic mass is 10.0. The number of benzene rings is 1. The lowest BCUT2D eigenvalue weighted by Crippen LogP contribution is -2.16. The SMILES string of the molecule is Cc1ccc(CN)cc1NC(=O)CC1CCCC1. The molecule has 0 heterocycles. The second kappa shape index (κ2) is 6.01. The van der Waals surface area contributed by atoms with Crippen LogP contribution in [0.4, 0.5) is 5.69 Å². The van der Waals surface area contributed by atoms with Crippen LogP contribution in [0.5, 0.6) is 0 Å². The van der Waals surface area contributed by atoms with E-state index in [1.54, 1.807) is 0 Å². The third-order valence-electron chi connectivity index (χ3n) is 3.76. The molecule has 3 nitrogen and oxygen atoms in total. The predicted molar refractivity (Wildman–Crippen MR) is 74.3 cm³/mol. The van der Waals surface area contributed by atoms with E-state index in [-0.39, 0.29) is 5.91 Å². The lowest BCUT2D eigenvalue weighted by molar-refractivity contribution is -0.117. The molecule has 3 heteroatoms. The molecule has 1 aliphatic carbocycles. The van der Waals surface area contributed by atoms with Crippen molar-refractivity contribution in [2.45, 2.75) is 45.6 Å². The van der Waals surface area contributed by atoms with Crippen LogP contribution in [0.2, 0.25) is 0 Å². The normalized spacial score (nSPS) is 15.9. The Morgan fingerprint density at radius 3 is 2.78 bits per heavy atom. The van der Waals surface area contributed by atoms with Crippen LogP contribution < -0.4 is 11.1 Å². The topological polar surface area (TPSA) is 55.1 Å². The quantitative estimate of drug-likeness (QED) is 0.858. The van der Waals surface area contributed by atoms with Gasteiger partial charge in [-0.1, -0.05) is 25.0 Å². The fourth-order valence-corrected chi connectivity index (χ4v) is 2.61. The highest BCUT2D eigenvalue weighted by Crippen LogP contribution is 2.28. The Hall–Kier alpha value is -1.35. The minimum Gasteiger partial charge on any atom is -0.326 e. The minimum absolute atomic E-state index is 0.138. The molecule has 98 valence electrons. The Kier molecular flexibility index (Phi) is 4.37. The van der Waals surface area contributed by atoms with Crippen LogP contribution in [0.3, 0.4) is 0 Å². The summed E-state index contributed by atoms with van der Waals surface area (Å²) in [5.41, 5.74) is 8.66. The van der Waals surface area contributed by atoms with Gasteiger partial charge in [0.15, 0.2) is 0 Å². The molecule has 0 saturated heterocycles. The van der Waals surface area contributed by atoms with Crippen LogP contribution in [-0.2, 0) is 11.3 Å². The summed E-state index contributed by atoms with van der Waals surface area (Å²) in [6, 6.07) is 5.98. The molecule has 1 saturated carbocycles. The number of rotatable bonds is 4. The number of nitrogens with one attached hydrogen (secondary N) is 1. The maximum absolute atomic E-state index is 12.0. The second-order valence-corrected chi connectivity index (χ2v) is 5.26. The van der Waals surface area contributed by atoms with Gasteiger partial charge in [-0.3, -0.25) is 4.79 Å². The fraction of sp³-hybridized carbons (Fsp3) is 0.533. The average molecular weight is 246 g/mol. The van der Waals surface area contributed by atoms with Crippen molar-refractivity contribution in [3.63, 3.8) is 0 Å². The Bertz CT molecular complexity index is 423.